The lowest BCUT2D eigenvalue weighted by Gasteiger charge is -2.12. The summed E-state index contributed by atoms with van der Waals surface area (Å²) in [6.07, 6.45) is 0.984. The van der Waals surface area contributed by atoms with Crippen molar-refractivity contribution in [3.05, 3.63) is 30.1 Å². The summed E-state index contributed by atoms with van der Waals surface area (Å²) in [7, 11) is 0. The Morgan fingerprint density at radius 3 is 2.73 bits per heavy atom. The van der Waals surface area contributed by atoms with Crippen LogP contribution in [-0.4, -0.2) is 16.1 Å². The molecule has 3 nitrogen and oxygen atoms in total. The highest BCUT2D eigenvalue weighted by Crippen LogP contribution is 2.10. The van der Waals surface area contributed by atoms with E-state index < -0.39 is 6.10 Å². The van der Waals surface area contributed by atoms with Crippen LogP contribution in [0.15, 0.2) is 24.4 Å². The van der Waals surface area contributed by atoms with E-state index in [1.807, 2.05) is 6.07 Å². The summed E-state index contributed by atoms with van der Waals surface area (Å²) in [5.74, 6) is 0. The van der Waals surface area contributed by atoms with E-state index in [0.717, 1.165) is 0 Å². The summed E-state index contributed by atoms with van der Waals surface area (Å²) in [6, 6.07) is 5.12. The standard InChI is InChI=1S/C8H12N2O/c1-6(9)8(11)7-4-2-3-5-10-7/h2-6,8,11H,9H2,1H3/t6-,8+/m1/s1. The fourth-order valence-electron chi connectivity index (χ4n) is 0.820. The van der Waals surface area contributed by atoms with Crippen molar-refractivity contribution in [2.75, 3.05) is 0 Å². The van der Waals surface area contributed by atoms with E-state index in [0.29, 0.717) is 5.69 Å². The summed E-state index contributed by atoms with van der Waals surface area (Å²) in [4.78, 5) is 3.97. The Bertz CT molecular complexity index is 211. The lowest BCUT2D eigenvalue weighted by molar-refractivity contribution is 0.149. The fraction of sp³-hybridized carbons (Fsp3) is 0.375. The lowest BCUT2D eigenvalue weighted by atomic mass is 10.1. The maximum absolute atomic E-state index is 9.41. The van der Waals surface area contributed by atoms with Gasteiger partial charge in [-0.05, 0) is 19.1 Å². The van der Waals surface area contributed by atoms with Crippen LogP contribution in [0.3, 0.4) is 0 Å². The van der Waals surface area contributed by atoms with Crippen molar-refractivity contribution < 1.29 is 5.11 Å². The average Bonchev–Trinajstić information content (AvgIpc) is 2.05. The van der Waals surface area contributed by atoms with E-state index in [9.17, 15) is 5.11 Å². The molecule has 0 aliphatic carbocycles. The molecule has 1 heterocycles. The number of nitrogens with two attached hydrogens (primary N) is 1. The first-order valence-corrected chi connectivity index (χ1v) is 3.56. The number of hydrogen-bond acceptors (Lipinski definition) is 3. The van der Waals surface area contributed by atoms with Crippen LogP contribution >= 0.6 is 0 Å². The molecule has 0 spiro atoms. The van der Waals surface area contributed by atoms with E-state index >= 15 is 0 Å². The Morgan fingerprint density at radius 1 is 1.55 bits per heavy atom. The number of rotatable bonds is 2. The van der Waals surface area contributed by atoms with Crippen LogP contribution in [0.1, 0.15) is 18.7 Å². The Kier molecular flexibility index (Phi) is 2.57. The zero-order valence-electron chi connectivity index (χ0n) is 6.44. The second kappa shape index (κ2) is 3.46. The van der Waals surface area contributed by atoms with Crippen LogP contribution in [0.4, 0.5) is 0 Å². The van der Waals surface area contributed by atoms with Gasteiger partial charge < -0.3 is 10.8 Å². The molecule has 0 saturated carbocycles. The van der Waals surface area contributed by atoms with Crippen molar-refractivity contribution in [2.24, 2.45) is 5.73 Å². The molecule has 0 bridgehead atoms. The van der Waals surface area contributed by atoms with Crippen LogP contribution in [0.5, 0.6) is 0 Å². The van der Waals surface area contributed by atoms with Crippen molar-refractivity contribution >= 4 is 0 Å². The molecule has 11 heavy (non-hydrogen) atoms. The van der Waals surface area contributed by atoms with Gasteiger partial charge in [0.2, 0.25) is 0 Å². The van der Waals surface area contributed by atoms with E-state index in [1.54, 1.807) is 25.3 Å². The summed E-state index contributed by atoms with van der Waals surface area (Å²) in [6.45, 7) is 1.75. The first kappa shape index (κ1) is 8.17. The molecule has 0 saturated heterocycles. The maximum Gasteiger partial charge on any atom is 0.111 e. The minimum absolute atomic E-state index is 0.273. The van der Waals surface area contributed by atoms with Gasteiger partial charge in [-0.2, -0.15) is 0 Å². The van der Waals surface area contributed by atoms with Gasteiger partial charge in [-0.1, -0.05) is 6.07 Å². The van der Waals surface area contributed by atoms with Gasteiger partial charge >= 0.3 is 0 Å². The van der Waals surface area contributed by atoms with Crippen LogP contribution in [0.2, 0.25) is 0 Å². The van der Waals surface area contributed by atoms with Crippen LogP contribution in [0, 0.1) is 0 Å². The number of aliphatic hydroxyl groups excluding tert-OH is 1. The molecule has 0 aliphatic rings. The quantitative estimate of drug-likeness (QED) is 0.647. The normalized spacial score (nSPS) is 15.9. The number of pyridine rings is 1. The molecule has 0 radical (unpaired) electrons. The Labute approximate surface area is 65.9 Å². The highest BCUT2D eigenvalue weighted by molar-refractivity contribution is 5.07. The van der Waals surface area contributed by atoms with Crippen molar-refractivity contribution in [1.29, 1.82) is 0 Å². The van der Waals surface area contributed by atoms with E-state index in [4.69, 9.17) is 5.73 Å². The molecule has 60 valence electrons. The molecular formula is C8H12N2O. The van der Waals surface area contributed by atoms with E-state index in [-0.39, 0.29) is 6.04 Å². The smallest absolute Gasteiger partial charge is 0.111 e. The van der Waals surface area contributed by atoms with Crippen LogP contribution < -0.4 is 5.73 Å². The predicted molar refractivity (Wildman–Crippen MR) is 42.8 cm³/mol. The minimum atomic E-state index is -0.656. The van der Waals surface area contributed by atoms with Gasteiger partial charge in [0.25, 0.3) is 0 Å². The fourth-order valence-corrected chi connectivity index (χ4v) is 0.820. The molecule has 0 fully saturated rings. The van der Waals surface area contributed by atoms with Gasteiger partial charge in [-0.3, -0.25) is 4.98 Å². The predicted octanol–water partition coefficient (Wildman–Crippen LogP) is 0.462. The molecule has 3 N–H and O–H groups in total. The van der Waals surface area contributed by atoms with Gasteiger partial charge in [-0.25, -0.2) is 0 Å². The topological polar surface area (TPSA) is 59.1 Å². The van der Waals surface area contributed by atoms with Gasteiger partial charge in [0, 0.05) is 12.2 Å². The third-order valence-corrected chi connectivity index (χ3v) is 1.49. The van der Waals surface area contributed by atoms with Gasteiger partial charge in [0.05, 0.1) is 5.69 Å². The van der Waals surface area contributed by atoms with Crippen molar-refractivity contribution in [2.45, 2.75) is 19.1 Å². The SMILES string of the molecule is C[C@@H](N)[C@H](O)c1ccccn1. The average molecular weight is 152 g/mol. The van der Waals surface area contributed by atoms with Gasteiger partial charge in [-0.15, -0.1) is 0 Å². The number of hydrogen-bond donors (Lipinski definition) is 2. The van der Waals surface area contributed by atoms with Crippen molar-refractivity contribution in [3.63, 3.8) is 0 Å². The maximum atomic E-state index is 9.41. The zero-order chi connectivity index (χ0) is 8.27. The molecule has 2 atom stereocenters. The number of aliphatic hydroxyl groups is 1. The summed E-state index contributed by atoms with van der Waals surface area (Å²) >= 11 is 0. The van der Waals surface area contributed by atoms with Crippen LogP contribution in [0.25, 0.3) is 0 Å². The molecule has 1 aromatic heterocycles. The van der Waals surface area contributed by atoms with Gasteiger partial charge in [0.15, 0.2) is 0 Å². The molecule has 1 rings (SSSR count). The number of nitrogens with zero attached hydrogens (tertiary/aromatic N) is 1. The van der Waals surface area contributed by atoms with E-state index in [2.05, 4.69) is 4.98 Å². The highest BCUT2D eigenvalue weighted by Gasteiger charge is 2.12. The molecule has 0 amide bonds. The van der Waals surface area contributed by atoms with Crippen molar-refractivity contribution in [3.8, 4) is 0 Å². The van der Waals surface area contributed by atoms with Gasteiger partial charge in [0.1, 0.15) is 6.10 Å². The summed E-state index contributed by atoms with van der Waals surface area (Å²) in [5, 5.41) is 9.41. The zero-order valence-corrected chi connectivity index (χ0v) is 6.44. The van der Waals surface area contributed by atoms with Crippen LogP contribution in [-0.2, 0) is 0 Å². The molecular weight excluding hydrogens is 140 g/mol. The molecule has 0 unspecified atom stereocenters. The first-order chi connectivity index (χ1) is 5.22. The Balaban J connectivity index is 2.77. The molecule has 0 aliphatic heterocycles. The Morgan fingerprint density at radius 2 is 2.27 bits per heavy atom. The third kappa shape index (κ3) is 2.00. The monoisotopic (exact) mass is 152 g/mol. The Hall–Kier alpha value is -0.930. The molecule has 0 aromatic carbocycles. The largest absolute Gasteiger partial charge is 0.385 e. The van der Waals surface area contributed by atoms with E-state index in [1.165, 1.54) is 0 Å². The summed E-state index contributed by atoms with van der Waals surface area (Å²) in [5.41, 5.74) is 6.11. The molecule has 3 heteroatoms. The van der Waals surface area contributed by atoms with Crippen molar-refractivity contribution in [1.82, 2.24) is 4.98 Å². The second-order valence-corrected chi connectivity index (χ2v) is 2.56. The third-order valence-electron chi connectivity index (χ3n) is 1.49. The highest BCUT2D eigenvalue weighted by atomic mass is 16.3. The molecule has 1 aromatic rings. The lowest BCUT2D eigenvalue weighted by Crippen LogP contribution is -2.24. The number of aromatic nitrogens is 1. The first-order valence-electron chi connectivity index (χ1n) is 3.56. The summed E-state index contributed by atoms with van der Waals surface area (Å²) < 4.78 is 0. The second-order valence-electron chi connectivity index (χ2n) is 2.56. The minimum Gasteiger partial charge on any atom is -0.385 e.